The first-order chi connectivity index (χ1) is 9.72. The third-order valence-electron chi connectivity index (χ3n) is 2.44. The zero-order valence-electron chi connectivity index (χ0n) is 11.4. The number of nitrogens with one attached hydrogen (secondary N) is 1. The van der Waals surface area contributed by atoms with Gasteiger partial charge in [0.1, 0.15) is 0 Å². The van der Waals surface area contributed by atoms with Gasteiger partial charge in [-0.3, -0.25) is 4.79 Å². The van der Waals surface area contributed by atoms with E-state index in [1.165, 1.54) is 0 Å². The number of aliphatic hydroxyl groups is 1. The Balaban J connectivity index is 2.66. The lowest BCUT2D eigenvalue weighted by Gasteiger charge is -2.14. The van der Waals surface area contributed by atoms with Gasteiger partial charge in [-0.25, -0.2) is 0 Å². The minimum Gasteiger partial charge on any atom is -0.490 e. The number of para-hydroxylation sites is 1. The normalized spacial score (nSPS) is 9.65. The van der Waals surface area contributed by atoms with E-state index in [1.54, 1.807) is 18.2 Å². The zero-order chi connectivity index (χ0) is 14.8. The second-order valence-electron chi connectivity index (χ2n) is 3.88. The van der Waals surface area contributed by atoms with E-state index in [2.05, 4.69) is 5.32 Å². The molecule has 6 nitrogen and oxygen atoms in total. The summed E-state index contributed by atoms with van der Waals surface area (Å²) >= 11 is 0. The number of hydrogen-bond donors (Lipinski definition) is 2. The van der Waals surface area contributed by atoms with Crippen LogP contribution in [0.15, 0.2) is 18.2 Å². The van der Waals surface area contributed by atoms with Crippen molar-refractivity contribution in [3.05, 3.63) is 23.8 Å². The van der Waals surface area contributed by atoms with Gasteiger partial charge in [0.15, 0.2) is 18.1 Å². The molecule has 108 valence electrons. The monoisotopic (exact) mass is 278 g/mol. The first-order valence-electron chi connectivity index (χ1n) is 6.34. The molecule has 0 aliphatic heterocycles. The van der Waals surface area contributed by atoms with Gasteiger partial charge in [-0.15, -0.1) is 0 Å². The Morgan fingerprint density at radius 2 is 2.25 bits per heavy atom. The molecule has 0 saturated heterocycles. The van der Waals surface area contributed by atoms with Gasteiger partial charge < -0.3 is 19.9 Å². The van der Waals surface area contributed by atoms with Gasteiger partial charge in [0.25, 0.3) is 5.91 Å². The van der Waals surface area contributed by atoms with E-state index < -0.39 is 0 Å². The predicted octanol–water partition coefficient (Wildman–Crippen LogP) is 0.986. The first kappa shape index (κ1) is 15.8. The van der Waals surface area contributed by atoms with Crippen molar-refractivity contribution < 1.29 is 19.4 Å². The second kappa shape index (κ2) is 8.77. The Morgan fingerprint density at radius 3 is 2.90 bits per heavy atom. The minimum absolute atomic E-state index is 0.192. The Labute approximate surface area is 117 Å². The number of hydrogen-bond acceptors (Lipinski definition) is 5. The summed E-state index contributed by atoms with van der Waals surface area (Å²) in [4.78, 5) is 11.5. The summed E-state index contributed by atoms with van der Waals surface area (Å²) < 4.78 is 10.8. The van der Waals surface area contributed by atoms with Gasteiger partial charge in [-0.05, 0) is 13.0 Å². The van der Waals surface area contributed by atoms with Crippen molar-refractivity contribution in [1.82, 2.24) is 5.32 Å². The van der Waals surface area contributed by atoms with Crippen LogP contribution in [0.2, 0.25) is 0 Å². The fourth-order valence-electron chi connectivity index (χ4n) is 1.57. The van der Waals surface area contributed by atoms with Crippen LogP contribution in [0.1, 0.15) is 18.9 Å². The fourth-order valence-corrected chi connectivity index (χ4v) is 1.57. The molecule has 0 aromatic heterocycles. The molecule has 20 heavy (non-hydrogen) atoms. The summed E-state index contributed by atoms with van der Waals surface area (Å²) in [5.74, 6) is 0.534. The van der Waals surface area contributed by atoms with Crippen LogP contribution < -0.4 is 14.8 Å². The molecule has 0 aliphatic rings. The third kappa shape index (κ3) is 4.78. The van der Waals surface area contributed by atoms with Gasteiger partial charge in [0.05, 0.1) is 25.7 Å². The van der Waals surface area contributed by atoms with E-state index in [-0.39, 0.29) is 25.5 Å². The van der Waals surface area contributed by atoms with Crippen molar-refractivity contribution in [3.63, 3.8) is 0 Å². The molecule has 2 N–H and O–H groups in total. The molecule has 0 radical (unpaired) electrons. The van der Waals surface area contributed by atoms with Crippen LogP contribution in [-0.2, 0) is 11.4 Å². The van der Waals surface area contributed by atoms with Crippen LogP contribution >= 0.6 is 0 Å². The van der Waals surface area contributed by atoms with Crippen LogP contribution in [0, 0.1) is 11.3 Å². The lowest BCUT2D eigenvalue weighted by atomic mass is 10.2. The van der Waals surface area contributed by atoms with E-state index in [0.717, 1.165) is 0 Å². The Kier molecular flexibility index (Phi) is 6.93. The summed E-state index contributed by atoms with van der Waals surface area (Å²) in [6.45, 7) is 2.19. The van der Waals surface area contributed by atoms with Gasteiger partial charge in [0, 0.05) is 12.1 Å². The lowest BCUT2D eigenvalue weighted by Crippen LogP contribution is -2.29. The summed E-state index contributed by atoms with van der Waals surface area (Å²) in [6, 6.07) is 7.09. The number of nitrogens with zero attached hydrogens (tertiary/aromatic N) is 1. The van der Waals surface area contributed by atoms with Gasteiger partial charge in [-0.2, -0.15) is 5.26 Å². The quantitative estimate of drug-likeness (QED) is 0.692. The molecule has 0 fully saturated rings. The van der Waals surface area contributed by atoms with Crippen molar-refractivity contribution in [3.8, 4) is 17.6 Å². The highest BCUT2D eigenvalue weighted by Crippen LogP contribution is 2.31. The smallest absolute Gasteiger partial charge is 0.257 e. The fraction of sp³-hybridized carbons (Fsp3) is 0.429. The Morgan fingerprint density at radius 1 is 1.45 bits per heavy atom. The molecule has 1 rings (SSSR count). The topological polar surface area (TPSA) is 91.6 Å². The number of carbonyl (C=O) groups excluding carboxylic acids is 1. The molecule has 1 aromatic carbocycles. The average Bonchev–Trinajstić information content (AvgIpc) is 2.46. The maximum atomic E-state index is 11.5. The number of amides is 1. The largest absolute Gasteiger partial charge is 0.490 e. The molecular formula is C14H18N2O4. The molecule has 0 spiro atoms. The SMILES string of the molecule is CCOc1cccc(CO)c1OCC(=O)NCCC#N. The summed E-state index contributed by atoms with van der Waals surface area (Å²) in [6.07, 6.45) is 0.253. The molecule has 1 aromatic rings. The molecule has 1 amide bonds. The number of rotatable bonds is 8. The molecule has 0 atom stereocenters. The predicted molar refractivity (Wildman–Crippen MR) is 72.3 cm³/mol. The van der Waals surface area contributed by atoms with E-state index in [1.807, 2.05) is 13.0 Å². The maximum absolute atomic E-state index is 11.5. The van der Waals surface area contributed by atoms with E-state index >= 15 is 0 Å². The number of ether oxygens (including phenoxy) is 2. The van der Waals surface area contributed by atoms with Crippen LogP contribution in [0.5, 0.6) is 11.5 Å². The first-order valence-corrected chi connectivity index (χ1v) is 6.34. The highest BCUT2D eigenvalue weighted by Gasteiger charge is 2.12. The summed E-state index contributed by atoms with van der Waals surface area (Å²) in [5.41, 5.74) is 0.556. The Bertz CT molecular complexity index is 483. The molecular weight excluding hydrogens is 260 g/mol. The van der Waals surface area contributed by atoms with Crippen molar-refractivity contribution >= 4 is 5.91 Å². The lowest BCUT2D eigenvalue weighted by molar-refractivity contribution is -0.123. The molecule has 0 heterocycles. The zero-order valence-corrected chi connectivity index (χ0v) is 11.4. The Hall–Kier alpha value is -2.26. The standard InChI is InChI=1S/C14H18N2O4/c1-2-19-12-6-3-5-11(9-17)14(12)20-10-13(18)16-8-4-7-15/h3,5-6,17H,2,4,8-10H2,1H3,(H,16,18). The molecule has 0 bridgehead atoms. The molecule has 0 aliphatic carbocycles. The van der Waals surface area contributed by atoms with Crippen molar-refractivity contribution in [2.24, 2.45) is 0 Å². The molecule has 6 heteroatoms. The summed E-state index contributed by atoms with van der Waals surface area (Å²) in [7, 11) is 0. The van der Waals surface area contributed by atoms with Crippen LogP contribution in [0.4, 0.5) is 0 Å². The van der Waals surface area contributed by atoms with Gasteiger partial charge in [0.2, 0.25) is 0 Å². The molecule has 0 unspecified atom stereocenters. The third-order valence-corrected chi connectivity index (χ3v) is 2.44. The van der Waals surface area contributed by atoms with Gasteiger partial charge >= 0.3 is 0 Å². The second-order valence-corrected chi connectivity index (χ2v) is 3.88. The average molecular weight is 278 g/mol. The van der Waals surface area contributed by atoms with E-state index in [4.69, 9.17) is 14.7 Å². The van der Waals surface area contributed by atoms with Crippen molar-refractivity contribution in [2.75, 3.05) is 19.8 Å². The van der Waals surface area contributed by atoms with Crippen molar-refractivity contribution in [2.45, 2.75) is 20.0 Å². The van der Waals surface area contributed by atoms with Crippen LogP contribution in [0.25, 0.3) is 0 Å². The van der Waals surface area contributed by atoms with Crippen LogP contribution in [-0.4, -0.2) is 30.8 Å². The van der Waals surface area contributed by atoms with Gasteiger partial charge in [-0.1, -0.05) is 12.1 Å². The highest BCUT2D eigenvalue weighted by atomic mass is 16.5. The number of carbonyl (C=O) groups is 1. The van der Waals surface area contributed by atoms with E-state index in [0.29, 0.717) is 30.2 Å². The van der Waals surface area contributed by atoms with Crippen molar-refractivity contribution in [1.29, 1.82) is 5.26 Å². The highest BCUT2D eigenvalue weighted by molar-refractivity contribution is 5.77. The number of nitriles is 1. The number of aliphatic hydroxyl groups excluding tert-OH is 1. The van der Waals surface area contributed by atoms with E-state index in [9.17, 15) is 9.90 Å². The van der Waals surface area contributed by atoms with Crippen LogP contribution in [0.3, 0.4) is 0 Å². The molecule has 0 saturated carbocycles. The summed E-state index contributed by atoms with van der Waals surface area (Å²) in [5, 5.41) is 20.2. The minimum atomic E-state index is -0.324. The number of benzene rings is 1. The maximum Gasteiger partial charge on any atom is 0.257 e.